The van der Waals surface area contributed by atoms with Crippen LogP contribution in [0.1, 0.15) is 51.5 Å². The standard InChI is InChI=1S/C24H26O/c1-22(2)20-13-14-23(22,3)21(25)24(20)15-19(24)18-11-9-17(10-12-18)16-7-5-4-6-8-16/h4-12,19-20H,13-15H2,1-3H3/t19-,20+,23+,24+/m0/s1. The first-order chi connectivity index (χ1) is 11.9. The van der Waals surface area contributed by atoms with E-state index < -0.39 is 0 Å². The molecule has 128 valence electrons. The van der Waals surface area contributed by atoms with Crippen LogP contribution in [0.4, 0.5) is 0 Å². The van der Waals surface area contributed by atoms with E-state index in [9.17, 15) is 4.79 Å². The lowest BCUT2D eigenvalue weighted by Crippen LogP contribution is -2.34. The Labute approximate surface area is 150 Å². The van der Waals surface area contributed by atoms with Crippen molar-refractivity contribution in [1.29, 1.82) is 0 Å². The molecule has 0 N–H and O–H groups in total. The number of ketones is 1. The van der Waals surface area contributed by atoms with Crippen LogP contribution in [0.2, 0.25) is 0 Å². The van der Waals surface area contributed by atoms with Crippen molar-refractivity contribution in [2.75, 3.05) is 0 Å². The summed E-state index contributed by atoms with van der Waals surface area (Å²) in [6.07, 6.45) is 3.39. The fourth-order valence-corrected chi connectivity index (χ4v) is 6.35. The second kappa shape index (κ2) is 4.63. The fraction of sp³-hybridized carbons (Fsp3) is 0.458. The Hall–Kier alpha value is -1.89. The van der Waals surface area contributed by atoms with Gasteiger partial charge in [0.15, 0.2) is 0 Å². The molecule has 0 heterocycles. The molecule has 0 saturated heterocycles. The van der Waals surface area contributed by atoms with Crippen molar-refractivity contribution in [3.63, 3.8) is 0 Å². The third-order valence-electron chi connectivity index (χ3n) is 8.20. The monoisotopic (exact) mass is 330 g/mol. The summed E-state index contributed by atoms with van der Waals surface area (Å²) < 4.78 is 0. The molecule has 0 aliphatic heterocycles. The third-order valence-corrected chi connectivity index (χ3v) is 8.20. The van der Waals surface area contributed by atoms with E-state index in [1.165, 1.54) is 23.1 Å². The van der Waals surface area contributed by atoms with Gasteiger partial charge in [0.25, 0.3) is 0 Å². The number of rotatable bonds is 2. The zero-order valence-corrected chi connectivity index (χ0v) is 15.4. The SMILES string of the molecule is CC1(C)[C@H]2CC[C@]1(C)C(=O)[C@@]21C[C@H]1c1ccc(-c2ccccc2)cc1. The Kier molecular flexibility index (Phi) is 2.85. The van der Waals surface area contributed by atoms with E-state index in [0.29, 0.717) is 17.6 Å². The van der Waals surface area contributed by atoms with Crippen LogP contribution in [0.5, 0.6) is 0 Å². The maximum Gasteiger partial charge on any atom is 0.146 e. The van der Waals surface area contributed by atoms with Gasteiger partial charge in [-0.05, 0) is 53.2 Å². The highest BCUT2D eigenvalue weighted by Crippen LogP contribution is 2.81. The first kappa shape index (κ1) is 15.4. The van der Waals surface area contributed by atoms with Gasteiger partial charge < -0.3 is 0 Å². The highest BCUT2D eigenvalue weighted by molar-refractivity contribution is 5.98. The molecule has 5 rings (SSSR count). The lowest BCUT2D eigenvalue weighted by molar-refractivity contribution is -0.133. The number of fused-ring (bicyclic) bond motifs is 3. The molecule has 0 aromatic heterocycles. The molecule has 25 heavy (non-hydrogen) atoms. The zero-order valence-electron chi connectivity index (χ0n) is 15.4. The average Bonchev–Trinajstić information content (AvgIpc) is 3.28. The Bertz CT molecular complexity index is 847. The summed E-state index contributed by atoms with van der Waals surface area (Å²) in [5, 5.41) is 0. The van der Waals surface area contributed by atoms with Crippen LogP contribution in [0.25, 0.3) is 11.1 Å². The lowest BCUT2D eigenvalue weighted by atomic mass is 9.70. The molecule has 3 saturated carbocycles. The van der Waals surface area contributed by atoms with E-state index in [2.05, 4.69) is 75.4 Å². The van der Waals surface area contributed by atoms with Crippen LogP contribution >= 0.6 is 0 Å². The Morgan fingerprint density at radius 1 is 0.880 bits per heavy atom. The predicted octanol–water partition coefficient (Wildman–Crippen LogP) is 5.85. The van der Waals surface area contributed by atoms with Gasteiger partial charge >= 0.3 is 0 Å². The summed E-state index contributed by atoms with van der Waals surface area (Å²) in [5.74, 6) is 1.57. The van der Waals surface area contributed by atoms with Gasteiger partial charge in [-0.25, -0.2) is 0 Å². The molecule has 0 radical (unpaired) electrons. The Morgan fingerprint density at radius 2 is 1.52 bits per heavy atom. The molecule has 1 heteroatoms. The van der Waals surface area contributed by atoms with Gasteiger partial charge in [-0.1, -0.05) is 75.4 Å². The van der Waals surface area contributed by atoms with Gasteiger partial charge in [-0.2, -0.15) is 0 Å². The third kappa shape index (κ3) is 1.72. The van der Waals surface area contributed by atoms with E-state index in [0.717, 1.165) is 12.8 Å². The smallest absolute Gasteiger partial charge is 0.146 e. The predicted molar refractivity (Wildman–Crippen MR) is 101 cm³/mol. The van der Waals surface area contributed by atoms with Crippen LogP contribution in [-0.4, -0.2) is 5.78 Å². The van der Waals surface area contributed by atoms with Gasteiger partial charge in [0, 0.05) is 10.8 Å². The maximum atomic E-state index is 13.4. The van der Waals surface area contributed by atoms with Crippen molar-refractivity contribution in [3.8, 4) is 11.1 Å². The van der Waals surface area contributed by atoms with E-state index in [1.807, 2.05) is 0 Å². The maximum absolute atomic E-state index is 13.4. The number of hydrogen-bond acceptors (Lipinski definition) is 1. The fourth-order valence-electron chi connectivity index (χ4n) is 6.35. The molecule has 0 unspecified atom stereocenters. The Morgan fingerprint density at radius 3 is 2.12 bits per heavy atom. The summed E-state index contributed by atoms with van der Waals surface area (Å²) in [5.41, 5.74) is 3.87. The van der Waals surface area contributed by atoms with Crippen LogP contribution in [0.15, 0.2) is 54.6 Å². The van der Waals surface area contributed by atoms with Gasteiger partial charge in [0.2, 0.25) is 0 Å². The van der Waals surface area contributed by atoms with Crippen molar-refractivity contribution >= 4 is 5.78 Å². The van der Waals surface area contributed by atoms with Crippen molar-refractivity contribution < 1.29 is 4.79 Å². The second-order valence-corrected chi connectivity index (χ2v) is 9.26. The summed E-state index contributed by atoms with van der Waals surface area (Å²) in [6, 6.07) is 19.5. The van der Waals surface area contributed by atoms with Crippen LogP contribution in [0.3, 0.4) is 0 Å². The number of Topliss-reactive ketones (excluding diaryl/α,β-unsaturated/α-hetero) is 1. The number of hydrogen-bond donors (Lipinski definition) is 0. The largest absolute Gasteiger partial charge is 0.298 e. The van der Waals surface area contributed by atoms with E-state index in [1.54, 1.807) is 0 Å². The summed E-state index contributed by atoms with van der Waals surface area (Å²) in [6.45, 7) is 6.91. The summed E-state index contributed by atoms with van der Waals surface area (Å²) in [7, 11) is 0. The van der Waals surface area contributed by atoms with Crippen molar-refractivity contribution in [1.82, 2.24) is 0 Å². The molecule has 0 amide bonds. The normalized spacial score (nSPS) is 37.6. The number of carbonyl (C=O) groups excluding carboxylic acids is 1. The molecule has 3 aliphatic rings. The van der Waals surface area contributed by atoms with Crippen LogP contribution < -0.4 is 0 Å². The first-order valence-corrected chi connectivity index (χ1v) is 9.61. The van der Waals surface area contributed by atoms with Gasteiger partial charge in [-0.15, -0.1) is 0 Å². The van der Waals surface area contributed by atoms with Crippen LogP contribution in [0, 0.1) is 22.2 Å². The molecule has 4 atom stereocenters. The molecule has 2 aromatic rings. The number of benzene rings is 2. The highest BCUT2D eigenvalue weighted by atomic mass is 16.1. The van der Waals surface area contributed by atoms with Gasteiger partial charge in [-0.3, -0.25) is 4.79 Å². The number of carbonyl (C=O) groups is 1. The second-order valence-electron chi connectivity index (χ2n) is 9.26. The van der Waals surface area contributed by atoms with Crippen molar-refractivity contribution in [2.45, 2.75) is 46.0 Å². The molecule has 3 fully saturated rings. The van der Waals surface area contributed by atoms with Crippen LogP contribution in [-0.2, 0) is 4.79 Å². The molecular weight excluding hydrogens is 304 g/mol. The van der Waals surface area contributed by atoms with E-state index in [4.69, 9.17) is 0 Å². The van der Waals surface area contributed by atoms with E-state index in [-0.39, 0.29) is 16.2 Å². The lowest BCUT2D eigenvalue weighted by Gasteiger charge is -2.32. The summed E-state index contributed by atoms with van der Waals surface area (Å²) >= 11 is 0. The Balaban J connectivity index is 1.47. The topological polar surface area (TPSA) is 17.1 Å². The molecule has 2 bridgehead atoms. The summed E-state index contributed by atoms with van der Waals surface area (Å²) in [4.78, 5) is 13.4. The van der Waals surface area contributed by atoms with Crippen molar-refractivity contribution in [2.24, 2.45) is 22.2 Å². The molecule has 2 aromatic carbocycles. The van der Waals surface area contributed by atoms with Gasteiger partial charge in [0.05, 0.1) is 0 Å². The minimum absolute atomic E-state index is 0.0508. The van der Waals surface area contributed by atoms with Gasteiger partial charge in [0.1, 0.15) is 5.78 Å². The quantitative estimate of drug-likeness (QED) is 0.675. The molecule has 1 spiro atoms. The average molecular weight is 330 g/mol. The molecule has 1 nitrogen and oxygen atoms in total. The zero-order chi connectivity index (χ0) is 17.4. The minimum atomic E-state index is -0.101. The molecule has 3 aliphatic carbocycles. The highest BCUT2D eigenvalue weighted by Gasteiger charge is 2.80. The van der Waals surface area contributed by atoms with E-state index >= 15 is 0 Å². The minimum Gasteiger partial charge on any atom is -0.298 e. The first-order valence-electron chi connectivity index (χ1n) is 9.61. The van der Waals surface area contributed by atoms with Crippen molar-refractivity contribution in [3.05, 3.63) is 60.2 Å². The molecular formula is C24H26O.